The Hall–Kier alpha value is -2.55. The Bertz CT molecular complexity index is 607. The molecule has 1 fully saturated rings. The predicted octanol–water partition coefficient (Wildman–Crippen LogP) is 0.233. The van der Waals surface area contributed by atoms with Crippen molar-refractivity contribution < 1.29 is 24.0 Å². The molecule has 0 saturated carbocycles. The van der Waals surface area contributed by atoms with E-state index in [0.29, 0.717) is 6.54 Å². The third-order valence-corrected chi connectivity index (χ3v) is 3.18. The van der Waals surface area contributed by atoms with Crippen molar-refractivity contribution in [3.8, 4) is 0 Å². The second kappa shape index (κ2) is 5.83. The lowest BCUT2D eigenvalue weighted by Crippen LogP contribution is -2.57. The highest BCUT2D eigenvalue weighted by Gasteiger charge is 2.34. The number of carbonyl (C=O) groups is 2. The van der Waals surface area contributed by atoms with Crippen LogP contribution in [0.4, 0.5) is 10.1 Å². The molecule has 1 amide bonds. The number of piperazine rings is 1. The monoisotopic (exact) mass is 297 g/mol. The van der Waals surface area contributed by atoms with Crippen LogP contribution >= 0.6 is 0 Å². The zero-order valence-electron chi connectivity index (χ0n) is 10.8. The minimum atomic E-state index is -1.22. The molecule has 2 rings (SSSR count). The number of nitrogens with one attached hydrogen (secondary N) is 1. The fourth-order valence-corrected chi connectivity index (χ4v) is 2.11. The first-order valence-corrected chi connectivity index (χ1v) is 6.10. The zero-order valence-corrected chi connectivity index (χ0v) is 10.8. The van der Waals surface area contributed by atoms with E-state index in [1.54, 1.807) is 0 Å². The smallest absolute Gasteiger partial charge is 0.327 e. The molecular weight excluding hydrogens is 285 g/mol. The summed E-state index contributed by atoms with van der Waals surface area (Å²) in [6.07, 6.45) is 0. The van der Waals surface area contributed by atoms with Crippen LogP contribution in [0.3, 0.4) is 0 Å². The molecule has 2 N–H and O–H groups in total. The van der Waals surface area contributed by atoms with Gasteiger partial charge >= 0.3 is 5.97 Å². The minimum absolute atomic E-state index is 0.0393. The normalized spacial score (nSPS) is 18.3. The molecule has 112 valence electrons. The minimum Gasteiger partial charge on any atom is -0.480 e. The molecule has 9 heteroatoms. The molecule has 1 aliphatic heterocycles. The van der Waals surface area contributed by atoms with Crippen molar-refractivity contribution >= 4 is 17.6 Å². The average molecular weight is 297 g/mol. The van der Waals surface area contributed by atoms with Crippen LogP contribution in [0.2, 0.25) is 0 Å². The molecular formula is C12H12FN3O5. The molecule has 0 aliphatic carbocycles. The van der Waals surface area contributed by atoms with E-state index in [2.05, 4.69) is 5.32 Å². The van der Waals surface area contributed by atoms with Gasteiger partial charge in [0.05, 0.1) is 10.5 Å². The van der Waals surface area contributed by atoms with Gasteiger partial charge in [0, 0.05) is 31.8 Å². The summed E-state index contributed by atoms with van der Waals surface area (Å²) in [5.74, 6) is -3.01. The summed E-state index contributed by atoms with van der Waals surface area (Å²) in [7, 11) is 0. The van der Waals surface area contributed by atoms with Crippen molar-refractivity contribution in [1.82, 2.24) is 10.2 Å². The summed E-state index contributed by atoms with van der Waals surface area (Å²) in [5, 5.41) is 22.6. The number of nitrogens with zero attached hydrogens (tertiary/aromatic N) is 2. The SMILES string of the molecule is O=C(O)C1CNCCN1C(=O)c1cc([N+](=O)[O-])ccc1F. The van der Waals surface area contributed by atoms with Gasteiger partial charge in [-0.2, -0.15) is 0 Å². The first kappa shape index (κ1) is 14.9. The van der Waals surface area contributed by atoms with Crippen LogP contribution in [-0.2, 0) is 4.79 Å². The van der Waals surface area contributed by atoms with Gasteiger partial charge in [-0.15, -0.1) is 0 Å². The molecule has 8 nitrogen and oxygen atoms in total. The van der Waals surface area contributed by atoms with Crippen molar-refractivity contribution in [3.05, 3.63) is 39.7 Å². The lowest BCUT2D eigenvalue weighted by molar-refractivity contribution is -0.384. The first-order valence-electron chi connectivity index (χ1n) is 6.10. The number of amides is 1. The third-order valence-electron chi connectivity index (χ3n) is 3.18. The lowest BCUT2D eigenvalue weighted by Gasteiger charge is -2.33. The van der Waals surface area contributed by atoms with Gasteiger partial charge in [-0.3, -0.25) is 14.9 Å². The van der Waals surface area contributed by atoms with Gasteiger partial charge in [0.15, 0.2) is 0 Å². The van der Waals surface area contributed by atoms with Gasteiger partial charge in [0.25, 0.3) is 11.6 Å². The van der Waals surface area contributed by atoms with Crippen molar-refractivity contribution in [2.24, 2.45) is 0 Å². The number of carboxylic acid groups (broad SMARTS) is 1. The summed E-state index contributed by atoms with van der Waals surface area (Å²) in [6, 6.07) is 1.45. The van der Waals surface area contributed by atoms with Crippen molar-refractivity contribution in [3.63, 3.8) is 0 Å². The molecule has 0 bridgehead atoms. The Kier molecular flexibility index (Phi) is 4.13. The van der Waals surface area contributed by atoms with E-state index in [1.807, 2.05) is 0 Å². The topological polar surface area (TPSA) is 113 Å². The number of carboxylic acids is 1. The van der Waals surface area contributed by atoms with Crippen LogP contribution in [0, 0.1) is 15.9 Å². The standard InChI is InChI=1S/C12H12FN3O5/c13-9-2-1-7(16(20)21)5-8(9)11(17)15-4-3-14-6-10(15)12(18)19/h1-2,5,10,14H,3-4,6H2,(H,18,19). The van der Waals surface area contributed by atoms with E-state index < -0.39 is 39.9 Å². The molecule has 1 aromatic rings. The maximum absolute atomic E-state index is 13.7. The van der Waals surface area contributed by atoms with Gasteiger partial charge in [-0.1, -0.05) is 0 Å². The fraction of sp³-hybridized carbons (Fsp3) is 0.333. The quantitative estimate of drug-likeness (QED) is 0.610. The Morgan fingerprint density at radius 2 is 2.19 bits per heavy atom. The van der Waals surface area contributed by atoms with E-state index >= 15 is 0 Å². The summed E-state index contributed by atoms with van der Waals surface area (Å²) in [5.41, 5.74) is -0.931. The zero-order chi connectivity index (χ0) is 15.6. The molecule has 21 heavy (non-hydrogen) atoms. The van der Waals surface area contributed by atoms with Crippen LogP contribution in [0.1, 0.15) is 10.4 Å². The molecule has 1 aliphatic rings. The van der Waals surface area contributed by atoms with Crippen LogP contribution in [0.15, 0.2) is 18.2 Å². The molecule has 1 heterocycles. The van der Waals surface area contributed by atoms with E-state index in [9.17, 15) is 24.1 Å². The highest BCUT2D eigenvalue weighted by atomic mass is 19.1. The first-order chi connectivity index (χ1) is 9.91. The van der Waals surface area contributed by atoms with Gasteiger partial charge in [0.2, 0.25) is 0 Å². The highest BCUT2D eigenvalue weighted by Crippen LogP contribution is 2.20. The average Bonchev–Trinajstić information content (AvgIpc) is 2.46. The second-order valence-corrected chi connectivity index (χ2v) is 4.48. The van der Waals surface area contributed by atoms with E-state index in [1.165, 1.54) is 0 Å². The number of halogens is 1. The van der Waals surface area contributed by atoms with Crippen LogP contribution in [0.25, 0.3) is 0 Å². The number of hydrogen-bond acceptors (Lipinski definition) is 5. The Morgan fingerprint density at radius 1 is 1.48 bits per heavy atom. The maximum atomic E-state index is 13.7. The number of carbonyl (C=O) groups excluding carboxylic acids is 1. The molecule has 1 unspecified atom stereocenters. The number of non-ortho nitro benzene ring substituents is 1. The molecule has 1 aromatic carbocycles. The van der Waals surface area contributed by atoms with Crippen molar-refractivity contribution in [1.29, 1.82) is 0 Å². The molecule has 1 saturated heterocycles. The summed E-state index contributed by atoms with van der Waals surface area (Å²) < 4.78 is 13.7. The van der Waals surface area contributed by atoms with Crippen LogP contribution in [-0.4, -0.2) is 52.5 Å². The van der Waals surface area contributed by atoms with Crippen LogP contribution < -0.4 is 5.32 Å². The van der Waals surface area contributed by atoms with Gasteiger partial charge < -0.3 is 15.3 Å². The maximum Gasteiger partial charge on any atom is 0.327 e. The molecule has 0 aromatic heterocycles. The second-order valence-electron chi connectivity index (χ2n) is 4.48. The number of nitro benzene ring substituents is 1. The molecule has 0 radical (unpaired) electrons. The van der Waals surface area contributed by atoms with Crippen LogP contribution in [0.5, 0.6) is 0 Å². The Morgan fingerprint density at radius 3 is 2.81 bits per heavy atom. The van der Waals surface area contributed by atoms with Crippen molar-refractivity contribution in [2.45, 2.75) is 6.04 Å². The largest absolute Gasteiger partial charge is 0.480 e. The van der Waals surface area contributed by atoms with Gasteiger partial charge in [-0.25, -0.2) is 9.18 Å². The van der Waals surface area contributed by atoms with E-state index in [-0.39, 0.29) is 13.1 Å². The van der Waals surface area contributed by atoms with Gasteiger partial charge in [0.1, 0.15) is 11.9 Å². The number of benzene rings is 1. The van der Waals surface area contributed by atoms with Gasteiger partial charge in [-0.05, 0) is 6.07 Å². The Labute approximate surface area is 118 Å². The number of rotatable bonds is 3. The highest BCUT2D eigenvalue weighted by molar-refractivity contribution is 5.97. The third kappa shape index (κ3) is 2.97. The predicted molar refractivity (Wildman–Crippen MR) is 68.4 cm³/mol. The summed E-state index contributed by atoms with van der Waals surface area (Å²) in [6.45, 7) is 0.488. The summed E-state index contributed by atoms with van der Waals surface area (Å²) >= 11 is 0. The Balaban J connectivity index is 2.36. The summed E-state index contributed by atoms with van der Waals surface area (Å²) in [4.78, 5) is 34.4. The molecule has 0 spiro atoms. The molecule has 1 atom stereocenters. The van der Waals surface area contributed by atoms with E-state index in [4.69, 9.17) is 5.11 Å². The fourth-order valence-electron chi connectivity index (χ4n) is 2.11. The number of nitro groups is 1. The van der Waals surface area contributed by atoms with Crippen molar-refractivity contribution in [2.75, 3.05) is 19.6 Å². The number of hydrogen-bond donors (Lipinski definition) is 2. The number of aliphatic carboxylic acids is 1. The van der Waals surface area contributed by atoms with E-state index in [0.717, 1.165) is 23.1 Å². The lowest BCUT2D eigenvalue weighted by atomic mass is 10.1.